The van der Waals surface area contributed by atoms with Gasteiger partial charge in [-0.25, -0.2) is 0 Å². The van der Waals surface area contributed by atoms with Gasteiger partial charge in [-0.3, -0.25) is 9.48 Å². The minimum absolute atomic E-state index is 0.163. The van der Waals surface area contributed by atoms with E-state index in [1.54, 1.807) is 17.1 Å². The van der Waals surface area contributed by atoms with Gasteiger partial charge < -0.3 is 10.6 Å². The van der Waals surface area contributed by atoms with Crippen molar-refractivity contribution in [1.82, 2.24) is 14.7 Å². The van der Waals surface area contributed by atoms with Crippen molar-refractivity contribution < 1.29 is 4.79 Å². The Morgan fingerprint density at radius 3 is 2.43 bits per heavy atom. The van der Waals surface area contributed by atoms with Crippen molar-refractivity contribution in [2.45, 2.75) is 44.7 Å². The molecule has 0 radical (unpaired) electrons. The molecule has 0 aromatic carbocycles. The van der Waals surface area contributed by atoms with E-state index in [1.165, 1.54) is 32.1 Å². The molecule has 21 heavy (non-hydrogen) atoms. The van der Waals surface area contributed by atoms with Gasteiger partial charge in [0.1, 0.15) is 6.54 Å². The molecule has 1 aromatic rings. The van der Waals surface area contributed by atoms with Gasteiger partial charge in [0.25, 0.3) is 0 Å². The third-order valence-corrected chi connectivity index (χ3v) is 5.97. The first-order chi connectivity index (χ1) is 10.1. The number of hydrogen-bond donors (Lipinski definition) is 1. The second kappa shape index (κ2) is 4.75. The normalized spacial score (nSPS) is 36.9. The number of aromatic nitrogens is 2. The molecule has 2 N–H and O–H groups in total. The fraction of sp³-hybridized carbons (Fsp3) is 0.750. The van der Waals surface area contributed by atoms with Crippen LogP contribution in [0, 0.1) is 23.7 Å². The molecule has 5 heteroatoms. The van der Waals surface area contributed by atoms with Crippen LogP contribution in [0.3, 0.4) is 0 Å². The second-order valence-corrected chi connectivity index (χ2v) is 7.40. The molecule has 0 spiro atoms. The summed E-state index contributed by atoms with van der Waals surface area (Å²) in [6, 6.07) is 0.457. The Morgan fingerprint density at radius 1 is 1.29 bits per heavy atom. The summed E-state index contributed by atoms with van der Waals surface area (Å²) in [5, 5.41) is 4.12. The molecule has 114 valence electrons. The molecular weight excluding hydrogens is 264 g/mol. The number of nitrogens with two attached hydrogens (primary N) is 1. The van der Waals surface area contributed by atoms with Gasteiger partial charge >= 0.3 is 0 Å². The molecule has 5 rings (SSSR count). The van der Waals surface area contributed by atoms with E-state index in [1.807, 2.05) is 11.9 Å². The summed E-state index contributed by atoms with van der Waals surface area (Å²) in [4.78, 5) is 14.6. The van der Waals surface area contributed by atoms with E-state index in [4.69, 9.17) is 5.73 Å². The monoisotopic (exact) mass is 288 g/mol. The number of nitrogens with zero attached hydrogens (tertiary/aromatic N) is 3. The third kappa shape index (κ3) is 2.23. The van der Waals surface area contributed by atoms with Crippen LogP contribution >= 0.6 is 0 Å². The average molecular weight is 288 g/mol. The van der Waals surface area contributed by atoms with Gasteiger partial charge in [-0.2, -0.15) is 5.10 Å². The zero-order valence-electron chi connectivity index (χ0n) is 12.6. The van der Waals surface area contributed by atoms with Crippen molar-refractivity contribution in [3.05, 3.63) is 12.4 Å². The summed E-state index contributed by atoms with van der Waals surface area (Å²) in [5.74, 6) is 3.52. The van der Waals surface area contributed by atoms with Gasteiger partial charge in [0.15, 0.2) is 0 Å². The van der Waals surface area contributed by atoms with Gasteiger partial charge in [0.2, 0.25) is 5.91 Å². The Labute approximate surface area is 125 Å². The second-order valence-electron chi connectivity index (χ2n) is 7.40. The van der Waals surface area contributed by atoms with Gasteiger partial charge in [0, 0.05) is 19.3 Å². The summed E-state index contributed by atoms with van der Waals surface area (Å²) in [6.07, 6.45) is 10.1. The Morgan fingerprint density at radius 2 is 1.90 bits per heavy atom. The van der Waals surface area contributed by atoms with Gasteiger partial charge in [-0.05, 0) is 55.8 Å². The fourth-order valence-electron chi connectivity index (χ4n) is 5.41. The van der Waals surface area contributed by atoms with Gasteiger partial charge in [0.05, 0.1) is 11.9 Å². The predicted octanol–water partition coefficient (Wildman–Crippen LogP) is 1.75. The van der Waals surface area contributed by atoms with E-state index in [2.05, 4.69) is 5.10 Å². The maximum absolute atomic E-state index is 12.6. The first-order valence-electron chi connectivity index (χ1n) is 8.13. The van der Waals surface area contributed by atoms with Crippen LogP contribution in [0.5, 0.6) is 0 Å². The van der Waals surface area contributed by atoms with E-state index in [9.17, 15) is 4.79 Å². The lowest BCUT2D eigenvalue weighted by molar-refractivity contribution is -0.141. The highest BCUT2D eigenvalue weighted by Gasteiger charge is 2.50. The standard InChI is InChI=1S/C16H24N4O/c1-19(15(21)9-20-8-14(17)7-18-20)16-12-3-10-2-11(5-12)6-13(16)4-10/h7-8,10-13,16H,2-6,9,17H2,1H3. The minimum Gasteiger partial charge on any atom is -0.396 e. The topological polar surface area (TPSA) is 64.2 Å². The first-order valence-corrected chi connectivity index (χ1v) is 8.13. The van der Waals surface area contributed by atoms with E-state index in [-0.39, 0.29) is 5.91 Å². The summed E-state index contributed by atoms with van der Waals surface area (Å²) >= 11 is 0. The van der Waals surface area contributed by atoms with Crippen LogP contribution in [0.15, 0.2) is 12.4 Å². The third-order valence-electron chi connectivity index (χ3n) is 5.97. The molecule has 1 aromatic heterocycles. The number of nitrogen functional groups attached to an aromatic ring is 1. The zero-order valence-corrected chi connectivity index (χ0v) is 12.6. The molecule has 0 saturated heterocycles. The molecule has 1 amide bonds. The molecule has 4 bridgehead atoms. The molecule has 1 heterocycles. The molecule has 4 fully saturated rings. The molecular formula is C16H24N4O. The SMILES string of the molecule is CN(C(=O)Cn1cc(N)cn1)C1C2CC3CC(C2)CC1C3. The van der Waals surface area contributed by atoms with E-state index < -0.39 is 0 Å². The van der Waals surface area contributed by atoms with Crippen molar-refractivity contribution in [3.8, 4) is 0 Å². The molecule has 4 aliphatic rings. The molecule has 4 saturated carbocycles. The summed E-state index contributed by atoms with van der Waals surface area (Å²) in [6.45, 7) is 0.302. The number of likely N-dealkylation sites (N-methyl/N-ethyl adjacent to an activating group) is 1. The van der Waals surface area contributed by atoms with E-state index >= 15 is 0 Å². The molecule has 0 atom stereocenters. The van der Waals surface area contributed by atoms with Crippen LogP contribution in [-0.2, 0) is 11.3 Å². The Bertz CT molecular complexity index is 524. The number of amides is 1. The van der Waals surface area contributed by atoms with E-state index in [0.29, 0.717) is 18.3 Å². The van der Waals surface area contributed by atoms with Crippen LogP contribution < -0.4 is 5.73 Å². The maximum atomic E-state index is 12.6. The summed E-state index contributed by atoms with van der Waals surface area (Å²) in [7, 11) is 1.99. The molecule has 5 nitrogen and oxygen atoms in total. The summed E-state index contributed by atoms with van der Waals surface area (Å²) in [5.41, 5.74) is 6.27. The zero-order chi connectivity index (χ0) is 14.6. The van der Waals surface area contributed by atoms with Crippen LogP contribution in [0.1, 0.15) is 32.1 Å². The minimum atomic E-state index is 0.163. The van der Waals surface area contributed by atoms with E-state index in [0.717, 1.165) is 23.7 Å². The van der Waals surface area contributed by atoms with Crippen LogP contribution in [-0.4, -0.2) is 33.7 Å². The van der Waals surface area contributed by atoms with Crippen LogP contribution in [0.25, 0.3) is 0 Å². The lowest BCUT2D eigenvalue weighted by Gasteiger charge is -2.56. The number of carbonyl (C=O) groups excluding carboxylic acids is 1. The van der Waals surface area contributed by atoms with Crippen LogP contribution in [0.2, 0.25) is 0 Å². The largest absolute Gasteiger partial charge is 0.396 e. The van der Waals surface area contributed by atoms with Crippen molar-refractivity contribution in [2.75, 3.05) is 12.8 Å². The fourth-order valence-corrected chi connectivity index (χ4v) is 5.41. The number of hydrogen-bond acceptors (Lipinski definition) is 3. The van der Waals surface area contributed by atoms with Crippen LogP contribution in [0.4, 0.5) is 5.69 Å². The summed E-state index contributed by atoms with van der Waals surface area (Å²) < 4.78 is 1.64. The molecule has 0 aliphatic heterocycles. The highest BCUT2D eigenvalue weighted by molar-refractivity contribution is 5.76. The molecule has 4 aliphatic carbocycles. The quantitative estimate of drug-likeness (QED) is 0.921. The average Bonchev–Trinajstić information content (AvgIpc) is 2.82. The van der Waals surface area contributed by atoms with Gasteiger partial charge in [-0.1, -0.05) is 0 Å². The van der Waals surface area contributed by atoms with Gasteiger partial charge in [-0.15, -0.1) is 0 Å². The first kappa shape index (κ1) is 13.2. The van der Waals surface area contributed by atoms with Crippen molar-refractivity contribution in [3.63, 3.8) is 0 Å². The maximum Gasteiger partial charge on any atom is 0.244 e. The predicted molar refractivity (Wildman–Crippen MR) is 80.2 cm³/mol. The Balaban J connectivity index is 1.47. The highest BCUT2D eigenvalue weighted by Crippen LogP contribution is 2.54. The smallest absolute Gasteiger partial charge is 0.244 e. The highest BCUT2D eigenvalue weighted by atomic mass is 16.2. The number of anilines is 1. The number of rotatable bonds is 3. The molecule has 0 unspecified atom stereocenters. The lowest BCUT2D eigenvalue weighted by Crippen LogP contribution is -2.56. The Hall–Kier alpha value is -1.52. The lowest BCUT2D eigenvalue weighted by atomic mass is 9.54. The van der Waals surface area contributed by atoms with Crippen molar-refractivity contribution in [2.24, 2.45) is 23.7 Å². The van der Waals surface area contributed by atoms with Crippen molar-refractivity contribution >= 4 is 11.6 Å². The number of carbonyl (C=O) groups is 1. The van der Waals surface area contributed by atoms with Crippen molar-refractivity contribution in [1.29, 1.82) is 0 Å². The Kier molecular flexibility index (Phi) is 2.98.